The van der Waals surface area contributed by atoms with Crippen LogP contribution in [0, 0.1) is 23.7 Å². The van der Waals surface area contributed by atoms with Crippen LogP contribution in [0.1, 0.15) is 53.4 Å². The number of hydrogen-bond acceptors (Lipinski definition) is 2. The third-order valence-corrected chi connectivity index (χ3v) is 4.01. The maximum absolute atomic E-state index is 12.8. The zero-order valence-electron chi connectivity index (χ0n) is 13.2. The van der Waals surface area contributed by atoms with E-state index >= 15 is 0 Å². The van der Waals surface area contributed by atoms with Gasteiger partial charge in [-0.15, -0.1) is 0 Å². The number of carbonyl (C=O) groups is 1. The molecule has 0 spiro atoms. The number of carbonyl (C=O) groups excluding carboxylic acids is 1. The van der Waals surface area contributed by atoms with Gasteiger partial charge in [0.1, 0.15) is 0 Å². The number of amides is 1. The molecule has 1 aliphatic rings. The molecular weight excluding hydrogens is 236 g/mol. The van der Waals surface area contributed by atoms with Crippen molar-refractivity contribution in [2.75, 3.05) is 19.6 Å². The fourth-order valence-corrected chi connectivity index (χ4v) is 3.19. The van der Waals surface area contributed by atoms with E-state index in [1.165, 1.54) is 12.8 Å². The second kappa shape index (κ2) is 7.88. The molecule has 0 bridgehead atoms. The lowest BCUT2D eigenvalue weighted by Crippen LogP contribution is -2.45. The minimum absolute atomic E-state index is 0.177. The van der Waals surface area contributed by atoms with Crippen LogP contribution in [-0.2, 0) is 4.79 Å². The molecule has 0 aromatic rings. The molecule has 0 heterocycles. The van der Waals surface area contributed by atoms with Gasteiger partial charge in [-0.05, 0) is 37.1 Å². The van der Waals surface area contributed by atoms with Crippen LogP contribution in [0.15, 0.2) is 0 Å². The molecule has 1 saturated carbocycles. The fraction of sp³-hybridized carbons (Fsp3) is 0.938. The van der Waals surface area contributed by atoms with E-state index in [9.17, 15) is 4.79 Å². The highest BCUT2D eigenvalue weighted by atomic mass is 16.2. The smallest absolute Gasteiger partial charge is 0.226 e. The third-order valence-electron chi connectivity index (χ3n) is 4.01. The largest absolute Gasteiger partial charge is 0.342 e. The summed E-state index contributed by atoms with van der Waals surface area (Å²) in [5.41, 5.74) is 5.86. The van der Waals surface area contributed by atoms with Gasteiger partial charge in [0.25, 0.3) is 0 Å². The Hall–Kier alpha value is -0.570. The standard InChI is InChI=1S/C16H32N2O/c1-12(2)10-18(11-13(3)4)16(19)15-8-6-5-7-14(15)9-17/h12-15H,5-11,17H2,1-4H3. The topological polar surface area (TPSA) is 46.3 Å². The average molecular weight is 268 g/mol. The normalized spacial score (nSPS) is 23.9. The summed E-state index contributed by atoms with van der Waals surface area (Å²) in [6, 6.07) is 0. The Morgan fingerprint density at radius 3 is 2.11 bits per heavy atom. The lowest BCUT2D eigenvalue weighted by molar-refractivity contribution is -0.139. The van der Waals surface area contributed by atoms with Gasteiger partial charge in [0.15, 0.2) is 0 Å². The summed E-state index contributed by atoms with van der Waals surface area (Å²) < 4.78 is 0. The highest BCUT2D eigenvalue weighted by Gasteiger charge is 2.33. The van der Waals surface area contributed by atoms with Gasteiger partial charge < -0.3 is 10.6 Å². The maximum Gasteiger partial charge on any atom is 0.226 e. The van der Waals surface area contributed by atoms with E-state index in [2.05, 4.69) is 32.6 Å². The van der Waals surface area contributed by atoms with Crippen molar-refractivity contribution < 1.29 is 4.79 Å². The van der Waals surface area contributed by atoms with E-state index in [4.69, 9.17) is 5.73 Å². The Balaban J connectivity index is 2.72. The predicted octanol–water partition coefficient (Wildman–Crippen LogP) is 2.89. The Morgan fingerprint density at radius 2 is 1.63 bits per heavy atom. The second-order valence-electron chi connectivity index (χ2n) is 6.92. The monoisotopic (exact) mass is 268 g/mol. The summed E-state index contributed by atoms with van der Waals surface area (Å²) in [6.07, 6.45) is 4.58. The highest BCUT2D eigenvalue weighted by molar-refractivity contribution is 5.79. The first-order valence-corrected chi connectivity index (χ1v) is 7.94. The molecule has 0 aliphatic heterocycles. The molecule has 2 N–H and O–H groups in total. The molecule has 0 aromatic carbocycles. The van der Waals surface area contributed by atoms with Crippen LogP contribution in [-0.4, -0.2) is 30.4 Å². The molecule has 1 aliphatic carbocycles. The number of nitrogens with two attached hydrogens (primary N) is 1. The van der Waals surface area contributed by atoms with Crippen molar-refractivity contribution in [3.05, 3.63) is 0 Å². The van der Waals surface area contributed by atoms with E-state index in [-0.39, 0.29) is 5.92 Å². The Kier molecular flexibility index (Phi) is 6.84. The van der Waals surface area contributed by atoms with Gasteiger partial charge in [-0.3, -0.25) is 4.79 Å². The molecule has 0 saturated heterocycles. The van der Waals surface area contributed by atoms with Crippen LogP contribution in [0.3, 0.4) is 0 Å². The molecule has 1 rings (SSSR count). The summed E-state index contributed by atoms with van der Waals surface area (Å²) in [7, 11) is 0. The summed E-state index contributed by atoms with van der Waals surface area (Å²) in [5, 5.41) is 0. The third kappa shape index (κ3) is 5.13. The molecule has 2 atom stereocenters. The molecule has 112 valence electrons. The van der Waals surface area contributed by atoms with Gasteiger partial charge in [-0.25, -0.2) is 0 Å². The Bertz CT molecular complexity index is 266. The summed E-state index contributed by atoms with van der Waals surface area (Å²) >= 11 is 0. The maximum atomic E-state index is 12.8. The van der Waals surface area contributed by atoms with Crippen LogP contribution in [0.2, 0.25) is 0 Å². The van der Waals surface area contributed by atoms with Crippen LogP contribution in [0.5, 0.6) is 0 Å². The molecule has 1 fully saturated rings. The van der Waals surface area contributed by atoms with E-state index in [0.29, 0.717) is 30.2 Å². The first kappa shape index (κ1) is 16.5. The van der Waals surface area contributed by atoms with Crippen LogP contribution in [0.25, 0.3) is 0 Å². The van der Waals surface area contributed by atoms with Crippen LogP contribution >= 0.6 is 0 Å². The van der Waals surface area contributed by atoms with Gasteiger partial charge >= 0.3 is 0 Å². The molecule has 19 heavy (non-hydrogen) atoms. The predicted molar refractivity (Wildman–Crippen MR) is 80.8 cm³/mol. The van der Waals surface area contributed by atoms with Gasteiger partial charge in [0.2, 0.25) is 5.91 Å². The quantitative estimate of drug-likeness (QED) is 0.805. The van der Waals surface area contributed by atoms with E-state index in [0.717, 1.165) is 25.9 Å². The Morgan fingerprint density at radius 1 is 1.11 bits per heavy atom. The van der Waals surface area contributed by atoms with Crippen molar-refractivity contribution in [3.8, 4) is 0 Å². The molecule has 1 amide bonds. The average Bonchev–Trinajstić information content (AvgIpc) is 2.36. The van der Waals surface area contributed by atoms with Gasteiger partial charge in [-0.1, -0.05) is 40.5 Å². The first-order valence-electron chi connectivity index (χ1n) is 7.94. The van der Waals surface area contributed by atoms with Gasteiger partial charge in [0.05, 0.1) is 0 Å². The zero-order chi connectivity index (χ0) is 14.4. The number of rotatable bonds is 6. The molecule has 3 heteroatoms. The molecular formula is C16H32N2O. The fourth-order valence-electron chi connectivity index (χ4n) is 3.19. The van der Waals surface area contributed by atoms with Crippen molar-refractivity contribution in [1.82, 2.24) is 4.90 Å². The summed E-state index contributed by atoms with van der Waals surface area (Å²) in [4.78, 5) is 14.9. The molecule has 2 unspecified atom stereocenters. The van der Waals surface area contributed by atoms with Crippen LogP contribution < -0.4 is 5.73 Å². The van der Waals surface area contributed by atoms with Gasteiger partial charge in [-0.2, -0.15) is 0 Å². The minimum Gasteiger partial charge on any atom is -0.342 e. The van der Waals surface area contributed by atoms with Crippen molar-refractivity contribution in [3.63, 3.8) is 0 Å². The first-order chi connectivity index (χ1) is 8.95. The van der Waals surface area contributed by atoms with Crippen molar-refractivity contribution in [2.45, 2.75) is 53.4 Å². The van der Waals surface area contributed by atoms with E-state index < -0.39 is 0 Å². The van der Waals surface area contributed by atoms with Crippen molar-refractivity contribution in [1.29, 1.82) is 0 Å². The highest BCUT2D eigenvalue weighted by Crippen LogP contribution is 2.31. The Labute approximate surface area is 118 Å². The van der Waals surface area contributed by atoms with E-state index in [1.54, 1.807) is 0 Å². The van der Waals surface area contributed by atoms with Crippen molar-refractivity contribution in [2.24, 2.45) is 29.4 Å². The number of nitrogens with zero attached hydrogens (tertiary/aromatic N) is 1. The van der Waals surface area contributed by atoms with Crippen LogP contribution in [0.4, 0.5) is 0 Å². The SMILES string of the molecule is CC(C)CN(CC(C)C)C(=O)C1CCCCC1CN. The van der Waals surface area contributed by atoms with E-state index in [1.807, 2.05) is 0 Å². The van der Waals surface area contributed by atoms with Gasteiger partial charge in [0, 0.05) is 19.0 Å². The molecule has 3 nitrogen and oxygen atoms in total. The van der Waals surface area contributed by atoms with Crippen molar-refractivity contribution >= 4 is 5.91 Å². The zero-order valence-corrected chi connectivity index (χ0v) is 13.2. The minimum atomic E-state index is 0.177. The lowest BCUT2D eigenvalue weighted by Gasteiger charge is -2.35. The summed E-state index contributed by atoms with van der Waals surface area (Å²) in [5.74, 6) is 2.00. The number of hydrogen-bond donors (Lipinski definition) is 1. The second-order valence-corrected chi connectivity index (χ2v) is 6.92. The molecule has 0 radical (unpaired) electrons. The summed E-state index contributed by atoms with van der Waals surface area (Å²) in [6.45, 7) is 11.1. The lowest BCUT2D eigenvalue weighted by atomic mass is 9.78. The molecule has 0 aromatic heterocycles.